The Hall–Kier alpha value is -1.87. The second kappa shape index (κ2) is 8.01. The van der Waals surface area contributed by atoms with E-state index < -0.39 is 11.8 Å². The molecule has 0 bridgehead atoms. The third-order valence-electron chi connectivity index (χ3n) is 3.80. The fourth-order valence-corrected chi connectivity index (χ4v) is 2.83. The number of aryl methyl sites for hydroxylation is 2. The summed E-state index contributed by atoms with van der Waals surface area (Å²) in [5.41, 5.74) is 6.81. The number of amides is 2. The maximum Gasteiger partial charge on any atom is 0.289 e. The van der Waals surface area contributed by atoms with Crippen LogP contribution in [0.15, 0.2) is 10.7 Å². The van der Waals surface area contributed by atoms with E-state index in [0.29, 0.717) is 13.1 Å². The first kappa shape index (κ1) is 19.5. The molecule has 2 N–H and O–H groups in total. The quantitative estimate of drug-likeness (QED) is 0.710. The molecule has 2 aromatic rings. The number of aromatic nitrogens is 4. The lowest BCUT2D eigenvalue weighted by molar-refractivity contribution is -0.125. The van der Waals surface area contributed by atoms with Crippen LogP contribution in [0.4, 0.5) is 0 Å². The second-order valence-corrected chi connectivity index (χ2v) is 6.87. The van der Waals surface area contributed by atoms with E-state index >= 15 is 0 Å². The van der Waals surface area contributed by atoms with Crippen molar-refractivity contribution in [3.05, 3.63) is 32.8 Å². The Morgan fingerprint density at radius 2 is 2.00 bits per heavy atom. The van der Waals surface area contributed by atoms with Crippen LogP contribution >= 0.6 is 27.5 Å². The van der Waals surface area contributed by atoms with Gasteiger partial charge in [0.2, 0.25) is 5.91 Å². The van der Waals surface area contributed by atoms with Gasteiger partial charge in [-0.05, 0) is 36.7 Å². The van der Waals surface area contributed by atoms with Crippen molar-refractivity contribution in [1.82, 2.24) is 30.4 Å². The highest BCUT2D eigenvalue weighted by Crippen LogP contribution is 2.20. The van der Waals surface area contributed by atoms with Crippen LogP contribution in [0.1, 0.15) is 35.7 Å². The number of hydrogen-bond donors (Lipinski definition) is 2. The lowest BCUT2D eigenvalue weighted by Gasteiger charge is -2.14. The minimum Gasteiger partial charge on any atom is -0.273 e. The molecular formula is C15H20BrClN6O2. The summed E-state index contributed by atoms with van der Waals surface area (Å²) in [5.74, 6) is -1.23. The monoisotopic (exact) mass is 430 g/mol. The van der Waals surface area contributed by atoms with E-state index in [1.807, 2.05) is 20.8 Å². The van der Waals surface area contributed by atoms with Gasteiger partial charge in [0.1, 0.15) is 5.69 Å². The third-order valence-corrected chi connectivity index (χ3v) is 5.22. The molecule has 0 spiro atoms. The van der Waals surface area contributed by atoms with Gasteiger partial charge in [-0.2, -0.15) is 10.2 Å². The number of carbonyl (C=O) groups is 2. The molecule has 1 atom stereocenters. The van der Waals surface area contributed by atoms with E-state index in [0.717, 1.165) is 15.9 Å². The summed E-state index contributed by atoms with van der Waals surface area (Å²) in [6.07, 6.45) is 1.39. The van der Waals surface area contributed by atoms with Gasteiger partial charge in [0.25, 0.3) is 5.91 Å². The number of rotatable bonds is 5. The molecule has 2 aromatic heterocycles. The van der Waals surface area contributed by atoms with E-state index in [9.17, 15) is 9.59 Å². The highest BCUT2D eigenvalue weighted by atomic mass is 79.9. The Labute approximate surface area is 159 Å². The van der Waals surface area contributed by atoms with Gasteiger partial charge >= 0.3 is 0 Å². The molecule has 0 aliphatic rings. The highest BCUT2D eigenvalue weighted by molar-refractivity contribution is 9.10. The van der Waals surface area contributed by atoms with Crippen molar-refractivity contribution in [3.8, 4) is 0 Å². The van der Waals surface area contributed by atoms with Crippen molar-refractivity contribution < 1.29 is 9.59 Å². The normalized spacial score (nSPS) is 12.1. The van der Waals surface area contributed by atoms with Gasteiger partial charge in [-0.3, -0.25) is 29.8 Å². The third kappa shape index (κ3) is 4.21. The number of hydrogen-bond acceptors (Lipinski definition) is 4. The second-order valence-electron chi connectivity index (χ2n) is 5.67. The Kier molecular flexibility index (Phi) is 6.23. The Balaban J connectivity index is 1.96. The minimum absolute atomic E-state index is 0.208. The van der Waals surface area contributed by atoms with Crippen LogP contribution < -0.4 is 10.9 Å². The maximum absolute atomic E-state index is 12.2. The van der Waals surface area contributed by atoms with Gasteiger partial charge in [-0.25, -0.2) is 0 Å². The summed E-state index contributed by atoms with van der Waals surface area (Å²) in [6.45, 7) is 8.30. The van der Waals surface area contributed by atoms with Crippen molar-refractivity contribution in [2.75, 3.05) is 0 Å². The zero-order chi connectivity index (χ0) is 18.7. The summed E-state index contributed by atoms with van der Waals surface area (Å²) in [5, 5.41) is 8.60. The van der Waals surface area contributed by atoms with Crippen LogP contribution in [0.25, 0.3) is 0 Å². The average Bonchev–Trinajstić information content (AvgIpc) is 3.07. The summed E-state index contributed by atoms with van der Waals surface area (Å²) < 4.78 is 4.14. The van der Waals surface area contributed by atoms with Gasteiger partial charge in [0.05, 0.1) is 33.8 Å². The van der Waals surface area contributed by atoms with Crippen molar-refractivity contribution in [1.29, 1.82) is 0 Å². The van der Waals surface area contributed by atoms with Crippen molar-refractivity contribution in [2.24, 2.45) is 5.92 Å². The Morgan fingerprint density at radius 3 is 2.56 bits per heavy atom. The van der Waals surface area contributed by atoms with E-state index in [4.69, 9.17) is 11.6 Å². The first-order valence-corrected chi connectivity index (χ1v) is 8.94. The maximum atomic E-state index is 12.2. The minimum atomic E-state index is -0.515. The SMILES string of the molecule is CCn1ncc(Cl)c1C(=O)NNC(=O)[C@@H](C)Cn1nc(C)c(Br)c1C. The lowest BCUT2D eigenvalue weighted by atomic mass is 10.1. The Bertz CT molecular complexity index is 800. The molecule has 2 heterocycles. The zero-order valence-corrected chi connectivity index (χ0v) is 16.8. The van der Waals surface area contributed by atoms with Gasteiger partial charge in [-0.1, -0.05) is 18.5 Å². The fraction of sp³-hybridized carbons (Fsp3) is 0.467. The number of carbonyl (C=O) groups excluding carboxylic acids is 2. The average molecular weight is 432 g/mol. The van der Waals surface area contributed by atoms with E-state index in [1.54, 1.807) is 11.6 Å². The van der Waals surface area contributed by atoms with Crippen molar-refractivity contribution in [3.63, 3.8) is 0 Å². The summed E-state index contributed by atoms with van der Waals surface area (Å²) in [4.78, 5) is 24.4. The summed E-state index contributed by atoms with van der Waals surface area (Å²) in [6, 6.07) is 0. The van der Waals surface area contributed by atoms with Crippen LogP contribution in [0.3, 0.4) is 0 Å². The van der Waals surface area contributed by atoms with Crippen LogP contribution in [0, 0.1) is 19.8 Å². The standard InChI is InChI=1S/C15H20BrClN6O2/c1-5-22-13(11(17)6-18-22)15(25)20-19-14(24)8(2)7-23-10(4)12(16)9(3)21-23/h6,8H,5,7H2,1-4H3,(H,19,24)(H,20,25)/t8-/m0/s1. The molecule has 0 saturated carbocycles. The van der Waals surface area contributed by atoms with E-state index in [-0.39, 0.29) is 16.6 Å². The van der Waals surface area contributed by atoms with Gasteiger partial charge < -0.3 is 0 Å². The topological polar surface area (TPSA) is 93.8 Å². The molecule has 0 radical (unpaired) electrons. The molecule has 8 nitrogen and oxygen atoms in total. The molecule has 0 fully saturated rings. The van der Waals surface area contributed by atoms with Crippen LogP contribution in [0.2, 0.25) is 5.02 Å². The number of halogens is 2. The van der Waals surface area contributed by atoms with Gasteiger partial charge in [0.15, 0.2) is 0 Å². The van der Waals surface area contributed by atoms with Crippen LogP contribution in [-0.2, 0) is 17.9 Å². The lowest BCUT2D eigenvalue weighted by Crippen LogP contribution is -2.45. The van der Waals surface area contributed by atoms with Crippen LogP contribution in [-0.4, -0.2) is 31.4 Å². The molecule has 136 valence electrons. The smallest absolute Gasteiger partial charge is 0.273 e. The Morgan fingerprint density at radius 1 is 1.32 bits per heavy atom. The first-order valence-electron chi connectivity index (χ1n) is 7.77. The van der Waals surface area contributed by atoms with Gasteiger partial charge in [-0.15, -0.1) is 0 Å². The first-order chi connectivity index (χ1) is 11.8. The predicted octanol–water partition coefficient (Wildman–Crippen LogP) is 2.23. The van der Waals surface area contributed by atoms with Crippen LogP contribution in [0.5, 0.6) is 0 Å². The van der Waals surface area contributed by atoms with Crippen molar-refractivity contribution in [2.45, 2.75) is 40.8 Å². The largest absolute Gasteiger partial charge is 0.289 e. The number of nitrogens with zero attached hydrogens (tertiary/aromatic N) is 4. The molecular weight excluding hydrogens is 412 g/mol. The molecule has 10 heteroatoms. The number of nitrogens with one attached hydrogen (secondary N) is 2. The predicted molar refractivity (Wildman–Crippen MR) is 97.1 cm³/mol. The molecule has 2 rings (SSSR count). The molecule has 0 saturated heterocycles. The molecule has 2 amide bonds. The molecule has 0 aliphatic carbocycles. The zero-order valence-electron chi connectivity index (χ0n) is 14.4. The van der Waals surface area contributed by atoms with E-state index in [2.05, 4.69) is 37.0 Å². The number of hydrazine groups is 1. The molecule has 0 aliphatic heterocycles. The molecule has 0 unspecified atom stereocenters. The van der Waals surface area contributed by atoms with E-state index in [1.165, 1.54) is 10.9 Å². The summed E-state index contributed by atoms with van der Waals surface area (Å²) >= 11 is 9.42. The molecule has 25 heavy (non-hydrogen) atoms. The fourth-order valence-electron chi connectivity index (χ4n) is 2.32. The summed E-state index contributed by atoms with van der Waals surface area (Å²) in [7, 11) is 0. The van der Waals surface area contributed by atoms with Crippen molar-refractivity contribution >= 4 is 39.3 Å². The van der Waals surface area contributed by atoms with Gasteiger partial charge in [0, 0.05) is 12.2 Å². The molecule has 0 aromatic carbocycles. The highest BCUT2D eigenvalue weighted by Gasteiger charge is 2.20.